The van der Waals surface area contributed by atoms with E-state index in [1.54, 1.807) is 0 Å². The minimum absolute atomic E-state index is 0. The van der Waals surface area contributed by atoms with Crippen molar-refractivity contribution in [2.75, 3.05) is 13.1 Å². The predicted octanol–water partition coefficient (Wildman–Crippen LogP) is 1.68. The van der Waals surface area contributed by atoms with Crippen molar-refractivity contribution in [3.8, 4) is 0 Å². The number of carbonyl (C=O) groups is 1. The number of primary amides is 1. The lowest BCUT2D eigenvalue weighted by Crippen LogP contribution is -2.59. The number of likely N-dealkylation sites (tertiary alicyclic amines) is 1. The molecule has 12 heavy (non-hydrogen) atoms. The van der Waals surface area contributed by atoms with Crippen molar-refractivity contribution in [2.45, 2.75) is 26.2 Å². The van der Waals surface area contributed by atoms with Crippen molar-refractivity contribution in [1.29, 1.82) is 0 Å². The van der Waals surface area contributed by atoms with Crippen LogP contribution in [0.5, 0.6) is 0 Å². The summed E-state index contributed by atoms with van der Waals surface area (Å²) in [6, 6.07) is -0.777. The summed E-state index contributed by atoms with van der Waals surface area (Å²) in [6.45, 7) is 3.20. The Morgan fingerprint density at radius 1 is 1.58 bits per heavy atom. The SMILES string of the molecule is CCC.NC(=O)N1CC(F)(F)C1.[HH]. The Bertz CT molecular complexity index is 159. The van der Waals surface area contributed by atoms with Gasteiger partial charge in [-0.05, 0) is 0 Å². The van der Waals surface area contributed by atoms with E-state index in [-0.39, 0.29) is 1.43 Å². The first-order valence-corrected chi connectivity index (χ1v) is 3.85. The number of halogens is 2. The third kappa shape index (κ3) is 3.50. The van der Waals surface area contributed by atoms with Crippen molar-refractivity contribution in [1.82, 2.24) is 4.90 Å². The zero-order valence-electron chi connectivity index (χ0n) is 7.31. The molecule has 0 bridgehead atoms. The number of urea groups is 1. The van der Waals surface area contributed by atoms with E-state index in [1.807, 2.05) is 0 Å². The molecule has 1 saturated heterocycles. The lowest BCUT2D eigenvalue weighted by atomic mass is 10.2. The zero-order valence-corrected chi connectivity index (χ0v) is 7.31. The Kier molecular flexibility index (Phi) is 3.92. The molecule has 0 aromatic heterocycles. The van der Waals surface area contributed by atoms with E-state index in [4.69, 9.17) is 0 Å². The molecule has 0 aliphatic carbocycles. The van der Waals surface area contributed by atoms with E-state index in [0.29, 0.717) is 0 Å². The number of hydrogen-bond acceptors (Lipinski definition) is 1. The smallest absolute Gasteiger partial charge is 0.315 e. The second-order valence-electron chi connectivity index (χ2n) is 2.76. The highest BCUT2D eigenvalue weighted by Gasteiger charge is 2.45. The number of rotatable bonds is 0. The fraction of sp³-hybridized carbons (Fsp3) is 0.857. The van der Waals surface area contributed by atoms with Gasteiger partial charge in [-0.25, -0.2) is 13.6 Å². The maximum atomic E-state index is 11.9. The number of alkyl halides is 2. The third-order valence-electron chi connectivity index (χ3n) is 1.16. The highest BCUT2D eigenvalue weighted by Crippen LogP contribution is 2.25. The molecule has 0 radical (unpaired) electrons. The minimum Gasteiger partial charge on any atom is -0.351 e. The van der Waals surface area contributed by atoms with E-state index < -0.39 is 25.0 Å². The molecule has 5 heteroatoms. The maximum Gasteiger partial charge on any atom is 0.315 e. The summed E-state index contributed by atoms with van der Waals surface area (Å²) in [4.78, 5) is 11.0. The van der Waals surface area contributed by atoms with Gasteiger partial charge in [-0.3, -0.25) is 0 Å². The Balaban J connectivity index is 0. The van der Waals surface area contributed by atoms with Crippen LogP contribution >= 0.6 is 0 Å². The molecular formula is C7H16F2N2O. The van der Waals surface area contributed by atoms with Crippen molar-refractivity contribution < 1.29 is 15.0 Å². The second kappa shape index (κ2) is 4.23. The number of nitrogens with zero attached hydrogens (tertiary/aromatic N) is 1. The fourth-order valence-electron chi connectivity index (χ4n) is 0.668. The molecule has 1 rings (SSSR count). The van der Waals surface area contributed by atoms with Crippen LogP contribution < -0.4 is 5.73 Å². The van der Waals surface area contributed by atoms with Crippen molar-refractivity contribution in [3.63, 3.8) is 0 Å². The lowest BCUT2D eigenvalue weighted by molar-refractivity contribution is -0.108. The van der Waals surface area contributed by atoms with Gasteiger partial charge in [0, 0.05) is 1.43 Å². The third-order valence-corrected chi connectivity index (χ3v) is 1.16. The van der Waals surface area contributed by atoms with Crippen LogP contribution in [-0.4, -0.2) is 29.9 Å². The van der Waals surface area contributed by atoms with Gasteiger partial charge in [-0.1, -0.05) is 20.3 Å². The molecule has 1 aliphatic heterocycles. The van der Waals surface area contributed by atoms with Gasteiger partial charge in [0.25, 0.3) is 5.92 Å². The van der Waals surface area contributed by atoms with Crippen molar-refractivity contribution in [3.05, 3.63) is 0 Å². The van der Waals surface area contributed by atoms with Gasteiger partial charge in [0.15, 0.2) is 0 Å². The first-order valence-electron chi connectivity index (χ1n) is 3.85. The highest BCUT2D eigenvalue weighted by molar-refractivity contribution is 5.73. The average molecular weight is 182 g/mol. The molecule has 1 heterocycles. The molecule has 0 saturated carbocycles. The van der Waals surface area contributed by atoms with Gasteiger partial charge in [0.2, 0.25) is 0 Å². The number of hydrogen-bond donors (Lipinski definition) is 1. The first kappa shape index (κ1) is 11.1. The predicted molar refractivity (Wildman–Crippen MR) is 44.2 cm³/mol. The fourth-order valence-corrected chi connectivity index (χ4v) is 0.668. The van der Waals surface area contributed by atoms with Gasteiger partial charge in [-0.15, -0.1) is 0 Å². The van der Waals surface area contributed by atoms with Crippen LogP contribution in [0.25, 0.3) is 0 Å². The lowest BCUT2D eigenvalue weighted by Gasteiger charge is -2.37. The Morgan fingerprint density at radius 3 is 2.00 bits per heavy atom. The molecule has 3 nitrogen and oxygen atoms in total. The van der Waals surface area contributed by atoms with Crippen LogP contribution in [0, 0.1) is 0 Å². The van der Waals surface area contributed by atoms with E-state index in [0.717, 1.165) is 4.90 Å². The molecule has 0 atom stereocenters. The second-order valence-corrected chi connectivity index (χ2v) is 2.76. The van der Waals surface area contributed by atoms with Gasteiger partial charge in [0.05, 0.1) is 13.1 Å². The van der Waals surface area contributed by atoms with E-state index in [9.17, 15) is 13.6 Å². The first-order chi connectivity index (χ1) is 5.43. The summed E-state index contributed by atoms with van der Waals surface area (Å²) in [6.07, 6.45) is 1.25. The average Bonchev–Trinajstić information content (AvgIpc) is 1.84. The summed E-state index contributed by atoms with van der Waals surface area (Å²) in [5.74, 6) is -2.70. The van der Waals surface area contributed by atoms with Crippen molar-refractivity contribution in [2.24, 2.45) is 5.73 Å². The van der Waals surface area contributed by atoms with Crippen LogP contribution in [0.1, 0.15) is 21.7 Å². The monoisotopic (exact) mass is 182 g/mol. The zero-order chi connectivity index (χ0) is 9.78. The molecule has 2 N–H and O–H groups in total. The maximum absolute atomic E-state index is 11.9. The Labute approximate surface area is 72.0 Å². The summed E-state index contributed by atoms with van der Waals surface area (Å²) in [7, 11) is 0. The minimum atomic E-state index is -2.70. The van der Waals surface area contributed by atoms with Crippen LogP contribution in [0.4, 0.5) is 13.6 Å². The van der Waals surface area contributed by atoms with E-state index in [2.05, 4.69) is 19.6 Å². The van der Waals surface area contributed by atoms with Gasteiger partial charge >= 0.3 is 6.03 Å². The molecule has 74 valence electrons. The van der Waals surface area contributed by atoms with Gasteiger partial charge < -0.3 is 10.6 Å². The standard InChI is InChI=1S/C4H6F2N2O.C3H8.H2/c5-4(6)1-8(2-4)3(7)9;1-3-2;/h1-2H2,(H2,7,9);3H2,1-2H3;1H. The Morgan fingerprint density at radius 2 is 1.92 bits per heavy atom. The van der Waals surface area contributed by atoms with Gasteiger partial charge in [0.1, 0.15) is 0 Å². The summed E-state index contributed by atoms with van der Waals surface area (Å²) >= 11 is 0. The largest absolute Gasteiger partial charge is 0.351 e. The summed E-state index contributed by atoms with van der Waals surface area (Å²) in [5.41, 5.74) is 4.67. The normalized spacial score (nSPS) is 18.8. The van der Waals surface area contributed by atoms with Crippen LogP contribution in [0.15, 0.2) is 0 Å². The van der Waals surface area contributed by atoms with Gasteiger partial charge in [-0.2, -0.15) is 0 Å². The van der Waals surface area contributed by atoms with Crippen LogP contribution in [-0.2, 0) is 0 Å². The van der Waals surface area contributed by atoms with Crippen molar-refractivity contribution >= 4 is 6.03 Å². The van der Waals surface area contributed by atoms with E-state index >= 15 is 0 Å². The molecule has 2 amide bonds. The Hall–Kier alpha value is -0.870. The summed E-state index contributed by atoms with van der Waals surface area (Å²) < 4.78 is 23.8. The van der Waals surface area contributed by atoms with Crippen LogP contribution in [0.3, 0.4) is 0 Å². The topological polar surface area (TPSA) is 46.3 Å². The molecule has 0 aromatic carbocycles. The van der Waals surface area contributed by atoms with E-state index in [1.165, 1.54) is 6.42 Å². The molecule has 0 unspecified atom stereocenters. The number of carbonyl (C=O) groups excluding carboxylic acids is 1. The summed E-state index contributed by atoms with van der Waals surface area (Å²) in [5, 5.41) is 0. The molecule has 0 aromatic rings. The molecule has 1 fully saturated rings. The van der Waals surface area contributed by atoms with Crippen LogP contribution in [0.2, 0.25) is 0 Å². The number of nitrogens with two attached hydrogens (primary N) is 1. The molecular weight excluding hydrogens is 166 g/mol. The highest BCUT2D eigenvalue weighted by atomic mass is 19.3. The number of amides is 2. The molecule has 0 spiro atoms. The molecule has 1 aliphatic rings. The quantitative estimate of drug-likeness (QED) is 0.608.